The lowest BCUT2D eigenvalue weighted by Gasteiger charge is -2.23. The van der Waals surface area contributed by atoms with Crippen molar-refractivity contribution >= 4 is 39.4 Å². The van der Waals surface area contributed by atoms with Gasteiger partial charge in [0.15, 0.2) is 11.4 Å². The van der Waals surface area contributed by atoms with Crippen molar-refractivity contribution in [2.75, 3.05) is 5.32 Å². The molecule has 1 aromatic carbocycles. The highest BCUT2D eigenvalue weighted by molar-refractivity contribution is 7.18. The predicted molar refractivity (Wildman–Crippen MR) is 121 cm³/mol. The molecule has 4 rings (SSSR count). The standard InChI is InChI=1S/C23H23F3N4O3S/c1-22(2,33)14-9-17-18(34-21(28-17)13-5-3-12(11-31)4-6-13)10-16(14)27-20(32)15-7-8-19(30-29-15)23(24,25)26/h7-13,33H,3-6H2,1-2H3,(H,27,32). The molecule has 7 nitrogen and oxygen atoms in total. The van der Waals surface area contributed by atoms with Gasteiger partial charge < -0.3 is 15.2 Å². The Morgan fingerprint density at radius 3 is 2.41 bits per heavy atom. The highest BCUT2D eigenvalue weighted by Gasteiger charge is 2.33. The van der Waals surface area contributed by atoms with Gasteiger partial charge >= 0.3 is 6.18 Å². The molecule has 1 saturated carbocycles. The lowest BCUT2D eigenvalue weighted by Crippen LogP contribution is -2.22. The van der Waals surface area contributed by atoms with Crippen LogP contribution in [-0.2, 0) is 16.6 Å². The van der Waals surface area contributed by atoms with Gasteiger partial charge in [0.1, 0.15) is 6.29 Å². The van der Waals surface area contributed by atoms with Crippen molar-refractivity contribution in [3.63, 3.8) is 0 Å². The summed E-state index contributed by atoms with van der Waals surface area (Å²) >= 11 is 1.49. The van der Waals surface area contributed by atoms with Gasteiger partial charge in [-0.05, 0) is 63.8 Å². The van der Waals surface area contributed by atoms with Crippen LogP contribution >= 0.6 is 11.3 Å². The average molecular weight is 493 g/mol. The number of anilines is 1. The van der Waals surface area contributed by atoms with Gasteiger partial charge in [-0.2, -0.15) is 13.2 Å². The molecule has 0 atom stereocenters. The number of alkyl halides is 3. The zero-order valence-electron chi connectivity index (χ0n) is 18.5. The maximum absolute atomic E-state index is 12.7. The van der Waals surface area contributed by atoms with Crippen LogP contribution in [0.2, 0.25) is 0 Å². The third kappa shape index (κ3) is 5.10. The van der Waals surface area contributed by atoms with Gasteiger partial charge in [-0.3, -0.25) is 4.79 Å². The summed E-state index contributed by atoms with van der Waals surface area (Å²) in [4.78, 5) is 28.5. The molecule has 0 unspecified atom stereocenters. The van der Waals surface area contributed by atoms with E-state index in [1.54, 1.807) is 26.0 Å². The number of aromatic nitrogens is 3. The second kappa shape index (κ2) is 9.03. The molecular weight excluding hydrogens is 469 g/mol. The Bertz CT molecular complexity index is 1210. The zero-order valence-corrected chi connectivity index (χ0v) is 19.3. The van der Waals surface area contributed by atoms with E-state index in [1.807, 2.05) is 0 Å². The van der Waals surface area contributed by atoms with Gasteiger partial charge in [0.05, 0.1) is 20.8 Å². The van der Waals surface area contributed by atoms with Crippen molar-refractivity contribution in [2.45, 2.75) is 57.2 Å². The second-order valence-electron chi connectivity index (χ2n) is 8.98. The van der Waals surface area contributed by atoms with E-state index in [2.05, 4.69) is 15.5 Å². The van der Waals surface area contributed by atoms with Crippen LogP contribution in [-0.4, -0.2) is 32.5 Å². The van der Waals surface area contributed by atoms with Crippen molar-refractivity contribution < 1.29 is 27.9 Å². The fourth-order valence-corrected chi connectivity index (χ4v) is 5.23. The maximum atomic E-state index is 12.7. The molecule has 0 saturated heterocycles. The van der Waals surface area contributed by atoms with Gasteiger partial charge in [-0.15, -0.1) is 21.5 Å². The molecule has 2 aromatic heterocycles. The van der Waals surface area contributed by atoms with Crippen molar-refractivity contribution in [1.82, 2.24) is 15.2 Å². The number of aldehydes is 1. The molecule has 0 radical (unpaired) electrons. The van der Waals surface area contributed by atoms with Crippen molar-refractivity contribution in [1.29, 1.82) is 0 Å². The molecule has 1 fully saturated rings. The first-order valence-corrected chi connectivity index (χ1v) is 11.6. The summed E-state index contributed by atoms with van der Waals surface area (Å²) in [7, 11) is 0. The molecule has 1 amide bonds. The Labute approximate surface area is 197 Å². The molecule has 1 aliphatic rings. The molecule has 2 heterocycles. The molecule has 34 heavy (non-hydrogen) atoms. The first kappa shape index (κ1) is 24.2. The predicted octanol–water partition coefficient (Wildman–Crippen LogP) is 5.06. The Morgan fingerprint density at radius 1 is 1.15 bits per heavy atom. The van der Waals surface area contributed by atoms with E-state index < -0.39 is 23.4 Å². The van der Waals surface area contributed by atoms with Crippen LogP contribution in [0.15, 0.2) is 24.3 Å². The molecule has 11 heteroatoms. The molecule has 180 valence electrons. The Kier molecular flexibility index (Phi) is 6.43. The first-order chi connectivity index (χ1) is 16.0. The van der Waals surface area contributed by atoms with E-state index in [0.717, 1.165) is 47.7 Å². The van der Waals surface area contributed by atoms with E-state index in [1.165, 1.54) is 11.3 Å². The number of hydrogen-bond acceptors (Lipinski definition) is 7. The topological polar surface area (TPSA) is 105 Å². The summed E-state index contributed by atoms with van der Waals surface area (Å²) in [6.45, 7) is 3.13. The van der Waals surface area contributed by atoms with Gasteiger partial charge in [-0.1, -0.05) is 0 Å². The van der Waals surface area contributed by atoms with Crippen molar-refractivity contribution in [3.05, 3.63) is 46.2 Å². The first-order valence-electron chi connectivity index (χ1n) is 10.8. The molecule has 1 aliphatic carbocycles. The minimum atomic E-state index is -4.66. The Balaban J connectivity index is 1.63. The van der Waals surface area contributed by atoms with E-state index in [-0.39, 0.29) is 17.5 Å². The number of aliphatic hydroxyl groups is 1. The van der Waals surface area contributed by atoms with Gasteiger partial charge in [0.25, 0.3) is 5.91 Å². The largest absolute Gasteiger partial charge is 0.435 e. The van der Waals surface area contributed by atoms with Crippen LogP contribution in [0.1, 0.15) is 72.2 Å². The summed E-state index contributed by atoms with van der Waals surface area (Å²) in [6, 6.07) is 5.06. The number of halogens is 3. The van der Waals surface area contributed by atoms with Crippen LogP contribution in [0.25, 0.3) is 10.2 Å². The molecule has 0 spiro atoms. The second-order valence-corrected chi connectivity index (χ2v) is 10.0. The molecule has 0 aliphatic heterocycles. The van der Waals surface area contributed by atoms with Gasteiger partial charge in [0, 0.05) is 23.1 Å². The average Bonchev–Trinajstić information content (AvgIpc) is 3.20. The number of thiazole rings is 1. The minimum absolute atomic E-state index is 0.0996. The summed E-state index contributed by atoms with van der Waals surface area (Å²) in [5.41, 5.74) is -1.40. The quantitative estimate of drug-likeness (QED) is 0.483. The lowest BCUT2D eigenvalue weighted by molar-refractivity contribution is -0.141. The number of carbonyl (C=O) groups is 2. The number of amides is 1. The molecule has 2 N–H and O–H groups in total. The number of carbonyl (C=O) groups excluding carboxylic acids is 2. The Morgan fingerprint density at radius 2 is 1.85 bits per heavy atom. The number of rotatable bonds is 5. The number of fused-ring (bicyclic) bond motifs is 1. The monoisotopic (exact) mass is 492 g/mol. The van der Waals surface area contributed by atoms with E-state index in [9.17, 15) is 27.9 Å². The summed E-state index contributed by atoms with van der Waals surface area (Å²) in [6.07, 6.45) is -0.240. The highest BCUT2D eigenvalue weighted by Crippen LogP contribution is 2.41. The summed E-state index contributed by atoms with van der Waals surface area (Å²) in [5.74, 6) is -0.398. The molecule has 3 aromatic rings. The third-order valence-electron chi connectivity index (χ3n) is 5.95. The third-order valence-corrected chi connectivity index (χ3v) is 7.13. The number of benzene rings is 1. The number of nitrogens with zero attached hydrogens (tertiary/aromatic N) is 3. The van der Waals surface area contributed by atoms with Gasteiger partial charge in [0.2, 0.25) is 0 Å². The summed E-state index contributed by atoms with van der Waals surface area (Å²) in [5, 5.41) is 20.8. The normalized spacial score (nSPS) is 19.2. The summed E-state index contributed by atoms with van der Waals surface area (Å²) < 4.78 is 39.0. The minimum Gasteiger partial charge on any atom is -0.386 e. The van der Waals surface area contributed by atoms with E-state index >= 15 is 0 Å². The van der Waals surface area contributed by atoms with E-state index in [4.69, 9.17) is 4.98 Å². The molecule has 0 bridgehead atoms. The Hall–Kier alpha value is -2.92. The van der Waals surface area contributed by atoms with Crippen molar-refractivity contribution in [3.8, 4) is 0 Å². The van der Waals surface area contributed by atoms with Crippen LogP contribution in [0.5, 0.6) is 0 Å². The lowest BCUT2D eigenvalue weighted by atomic mass is 9.83. The van der Waals surface area contributed by atoms with Crippen LogP contribution in [0, 0.1) is 5.92 Å². The highest BCUT2D eigenvalue weighted by atomic mass is 32.1. The van der Waals surface area contributed by atoms with Crippen LogP contribution in [0.4, 0.5) is 18.9 Å². The van der Waals surface area contributed by atoms with Crippen LogP contribution < -0.4 is 5.32 Å². The van der Waals surface area contributed by atoms with Crippen molar-refractivity contribution in [2.24, 2.45) is 5.92 Å². The zero-order chi connectivity index (χ0) is 24.7. The maximum Gasteiger partial charge on any atom is 0.435 e. The van der Waals surface area contributed by atoms with Gasteiger partial charge in [-0.25, -0.2) is 4.98 Å². The molecular formula is C23H23F3N4O3S. The fraction of sp³-hybridized carbons (Fsp3) is 0.435. The van der Waals surface area contributed by atoms with Crippen LogP contribution in [0.3, 0.4) is 0 Å². The van der Waals surface area contributed by atoms with E-state index in [0.29, 0.717) is 22.8 Å². The SMILES string of the molecule is CC(C)(O)c1cc2nc(C3CCC(C=O)CC3)sc2cc1NC(=O)c1ccc(C(F)(F)F)nn1. The number of hydrogen-bond donors (Lipinski definition) is 2. The number of nitrogens with one attached hydrogen (secondary N) is 1. The fourth-order valence-electron chi connectivity index (χ4n) is 4.07. The smallest absolute Gasteiger partial charge is 0.386 e.